The highest BCUT2D eigenvalue weighted by Crippen LogP contribution is 2.23. The molecule has 0 atom stereocenters. The molecule has 0 amide bonds. The largest absolute Gasteiger partial charge is 0.397 e. The summed E-state index contributed by atoms with van der Waals surface area (Å²) in [6.07, 6.45) is 3.98. The molecule has 1 nitrogen and oxygen atoms in total. The molecular weight excluding hydrogens is 238 g/mol. The average Bonchev–Trinajstić information content (AvgIpc) is 2.39. The summed E-state index contributed by atoms with van der Waals surface area (Å²) in [5.41, 5.74) is 1.38. The number of hydrogen-bond donors (Lipinski definition) is 1. The van der Waals surface area contributed by atoms with E-state index in [-0.39, 0.29) is 6.61 Å². The number of benzene rings is 1. The highest BCUT2D eigenvalue weighted by molar-refractivity contribution is 7.98. The van der Waals surface area contributed by atoms with E-state index in [1.807, 2.05) is 17.8 Å². The molecule has 0 aromatic heterocycles. The van der Waals surface area contributed by atoms with Crippen LogP contribution in [-0.2, 0) is 5.75 Å². The van der Waals surface area contributed by atoms with Crippen LogP contribution in [0.4, 0.5) is 0 Å². The third-order valence-electron chi connectivity index (χ3n) is 2.84. The van der Waals surface area contributed by atoms with Crippen LogP contribution < -0.4 is 0 Å². The first-order valence-electron chi connectivity index (χ1n) is 6.44. The molecule has 0 unspecified atom stereocenters. The Labute approximate surface area is 118 Å². The van der Waals surface area contributed by atoms with Crippen molar-refractivity contribution in [3.63, 3.8) is 0 Å². The van der Waals surface area contributed by atoms with Crippen LogP contribution in [0.1, 0.15) is 31.2 Å². The molecule has 1 N–H and O–H groups in total. The van der Waals surface area contributed by atoms with Crippen molar-refractivity contribution in [3.8, 4) is 0 Å². The Bertz CT molecular complexity index is 317. The van der Waals surface area contributed by atoms with Gasteiger partial charge < -0.3 is 5.11 Å². The lowest BCUT2D eigenvalue weighted by Gasteiger charge is -2.21. The molecule has 1 aromatic carbocycles. The van der Waals surface area contributed by atoms with Crippen LogP contribution in [0.15, 0.2) is 30.3 Å². The lowest BCUT2D eigenvalue weighted by Crippen LogP contribution is -2.17. The van der Waals surface area contributed by atoms with E-state index in [1.165, 1.54) is 12.0 Å². The minimum atomic E-state index is -0.892. The second kappa shape index (κ2) is 8.71. The summed E-state index contributed by atoms with van der Waals surface area (Å²) in [4.78, 5) is 0. The molecule has 1 aromatic rings. The summed E-state index contributed by atoms with van der Waals surface area (Å²) in [6, 6.07) is 10.5. The molecule has 0 aliphatic carbocycles. The fraction of sp³-hybridized carbons (Fsp3) is 0.571. The Morgan fingerprint density at radius 2 is 1.78 bits per heavy atom. The van der Waals surface area contributed by atoms with Gasteiger partial charge in [-0.05, 0) is 17.7 Å². The van der Waals surface area contributed by atoms with E-state index < -0.39 is 5.21 Å². The molecule has 0 saturated heterocycles. The fourth-order valence-electron chi connectivity index (χ4n) is 1.68. The van der Waals surface area contributed by atoms with Gasteiger partial charge in [-0.15, -0.1) is 0 Å². The van der Waals surface area contributed by atoms with Crippen molar-refractivity contribution in [2.24, 2.45) is 0 Å². The van der Waals surface area contributed by atoms with Gasteiger partial charge in [-0.1, -0.05) is 54.8 Å². The molecule has 4 radical (unpaired) electrons. The first-order valence-corrected chi connectivity index (χ1v) is 7.60. The minimum Gasteiger partial charge on any atom is -0.397 e. The molecule has 0 heterocycles. The van der Waals surface area contributed by atoms with Crippen molar-refractivity contribution >= 4 is 27.5 Å². The number of hydrogen-bond acceptors (Lipinski definition) is 2. The summed E-state index contributed by atoms with van der Waals surface area (Å²) in [6.45, 7) is -0.143. The minimum absolute atomic E-state index is 0.143. The molecule has 94 valence electrons. The predicted octanol–water partition coefficient (Wildman–Crippen LogP) is 2.93. The number of aliphatic hydroxyl groups is 1. The zero-order valence-corrected chi connectivity index (χ0v) is 11.7. The smallest absolute Gasteiger partial charge is 0.0651 e. The third kappa shape index (κ3) is 7.17. The van der Waals surface area contributed by atoms with Crippen LogP contribution in [0.5, 0.6) is 0 Å². The van der Waals surface area contributed by atoms with Gasteiger partial charge in [-0.25, -0.2) is 0 Å². The molecule has 0 aliphatic rings. The fourth-order valence-corrected chi connectivity index (χ4v) is 2.66. The summed E-state index contributed by atoms with van der Waals surface area (Å²) in [7, 11) is 11.3. The van der Waals surface area contributed by atoms with Crippen LogP contribution >= 0.6 is 11.8 Å². The van der Waals surface area contributed by atoms with Crippen LogP contribution in [0.25, 0.3) is 0 Å². The number of aliphatic hydroxyl groups excluding tert-OH is 1. The highest BCUT2D eigenvalue weighted by Gasteiger charge is 2.14. The Kier molecular flexibility index (Phi) is 7.60. The quantitative estimate of drug-likeness (QED) is 0.542. The van der Waals surface area contributed by atoms with Crippen LogP contribution in [0, 0.1) is 0 Å². The lowest BCUT2D eigenvalue weighted by atomic mass is 9.53. The van der Waals surface area contributed by atoms with E-state index in [0.717, 1.165) is 24.3 Å². The number of thioether (sulfide) groups is 1. The van der Waals surface area contributed by atoms with E-state index in [4.69, 9.17) is 20.8 Å². The SMILES string of the molecule is [B]C([B])(CO)CCCCCSCc1ccccc1. The van der Waals surface area contributed by atoms with Crippen molar-refractivity contribution in [1.82, 2.24) is 0 Å². The summed E-state index contributed by atoms with van der Waals surface area (Å²) < 4.78 is 0. The second-order valence-electron chi connectivity index (χ2n) is 4.74. The molecular formula is C14H20B2OS. The van der Waals surface area contributed by atoms with E-state index in [9.17, 15) is 0 Å². The normalized spacial score (nSPS) is 11.6. The Morgan fingerprint density at radius 3 is 2.44 bits per heavy atom. The predicted molar refractivity (Wildman–Crippen MR) is 82.4 cm³/mol. The summed E-state index contributed by atoms with van der Waals surface area (Å²) in [5, 5.41) is 8.02. The van der Waals surface area contributed by atoms with Gasteiger partial charge in [0.15, 0.2) is 0 Å². The van der Waals surface area contributed by atoms with E-state index >= 15 is 0 Å². The van der Waals surface area contributed by atoms with Gasteiger partial charge in [0.2, 0.25) is 0 Å². The van der Waals surface area contributed by atoms with Crippen LogP contribution in [-0.4, -0.2) is 33.2 Å². The molecule has 0 saturated carbocycles. The van der Waals surface area contributed by atoms with E-state index in [1.54, 1.807) is 0 Å². The Balaban J connectivity index is 1.96. The van der Waals surface area contributed by atoms with Crippen molar-refractivity contribution in [2.75, 3.05) is 12.4 Å². The lowest BCUT2D eigenvalue weighted by molar-refractivity contribution is 0.267. The maximum atomic E-state index is 8.91. The maximum Gasteiger partial charge on any atom is 0.0651 e. The number of rotatable bonds is 9. The van der Waals surface area contributed by atoms with Gasteiger partial charge >= 0.3 is 0 Å². The molecule has 18 heavy (non-hydrogen) atoms. The first kappa shape index (κ1) is 15.7. The molecule has 4 heteroatoms. The Morgan fingerprint density at radius 1 is 1.06 bits per heavy atom. The maximum absolute atomic E-state index is 8.91. The molecule has 0 aliphatic heterocycles. The zero-order valence-electron chi connectivity index (χ0n) is 10.8. The summed E-state index contributed by atoms with van der Waals surface area (Å²) in [5.74, 6) is 2.24. The van der Waals surface area contributed by atoms with Crippen LogP contribution in [0.3, 0.4) is 0 Å². The summed E-state index contributed by atoms with van der Waals surface area (Å²) >= 11 is 1.96. The van der Waals surface area contributed by atoms with Crippen molar-refractivity contribution in [2.45, 2.75) is 36.6 Å². The highest BCUT2D eigenvalue weighted by atomic mass is 32.2. The molecule has 0 fully saturated rings. The molecule has 1 rings (SSSR count). The Hall–Kier alpha value is -0.340. The molecule has 0 spiro atoms. The van der Waals surface area contributed by atoms with Gasteiger partial charge in [-0.3, -0.25) is 0 Å². The van der Waals surface area contributed by atoms with E-state index in [2.05, 4.69) is 24.3 Å². The van der Waals surface area contributed by atoms with Gasteiger partial charge in [0.1, 0.15) is 0 Å². The van der Waals surface area contributed by atoms with Gasteiger partial charge in [0, 0.05) is 12.4 Å². The first-order chi connectivity index (χ1) is 8.64. The molecule has 0 bridgehead atoms. The van der Waals surface area contributed by atoms with E-state index in [0.29, 0.717) is 6.42 Å². The van der Waals surface area contributed by atoms with Gasteiger partial charge in [-0.2, -0.15) is 11.8 Å². The average molecular weight is 258 g/mol. The van der Waals surface area contributed by atoms with Gasteiger partial charge in [0.25, 0.3) is 0 Å². The number of unbranched alkanes of at least 4 members (excludes halogenated alkanes) is 2. The standard InChI is InChI=1S/C14H20B2OS/c15-14(16,12-17)9-5-2-6-10-18-11-13-7-3-1-4-8-13/h1,3-4,7-8,17H,2,5-6,9-12H2. The van der Waals surface area contributed by atoms with Crippen LogP contribution in [0.2, 0.25) is 5.21 Å². The van der Waals surface area contributed by atoms with Crippen molar-refractivity contribution in [3.05, 3.63) is 35.9 Å². The second-order valence-corrected chi connectivity index (χ2v) is 5.85. The monoisotopic (exact) mass is 258 g/mol. The van der Waals surface area contributed by atoms with Gasteiger partial charge in [0.05, 0.1) is 15.7 Å². The van der Waals surface area contributed by atoms with Crippen molar-refractivity contribution < 1.29 is 5.11 Å². The topological polar surface area (TPSA) is 20.2 Å². The van der Waals surface area contributed by atoms with Crippen molar-refractivity contribution in [1.29, 1.82) is 0 Å². The zero-order chi connectivity index (χ0) is 13.3. The third-order valence-corrected chi connectivity index (χ3v) is 3.95.